The lowest BCUT2D eigenvalue weighted by molar-refractivity contribution is 0.243. The van der Waals surface area contributed by atoms with E-state index in [4.69, 9.17) is 38.7 Å². The molecule has 1 saturated heterocycles. The number of hydrogen-bond donors (Lipinski definition) is 1. The summed E-state index contributed by atoms with van der Waals surface area (Å²) >= 11 is 13.4. The quantitative estimate of drug-likeness (QED) is 0.542. The molecule has 0 bridgehead atoms. The van der Waals surface area contributed by atoms with E-state index in [2.05, 4.69) is 38.5 Å². The highest BCUT2D eigenvalue weighted by Crippen LogP contribution is 2.36. The van der Waals surface area contributed by atoms with Crippen LogP contribution in [0.25, 0.3) is 17.5 Å². The Balaban J connectivity index is 1.54. The van der Waals surface area contributed by atoms with Crippen LogP contribution in [0, 0.1) is 19.8 Å². The molecule has 0 radical (unpaired) electrons. The number of anilines is 1. The fourth-order valence-corrected chi connectivity index (χ4v) is 5.64. The molecule has 1 unspecified atom stereocenters. The highest BCUT2D eigenvalue weighted by atomic mass is 35.5. The number of fused-ring (bicyclic) bond motifs is 1. The minimum atomic E-state index is 0.239. The molecule has 3 aromatic heterocycles. The summed E-state index contributed by atoms with van der Waals surface area (Å²) in [6.45, 7) is 7.87. The maximum atomic E-state index is 6.85. The molecule has 0 spiro atoms. The van der Waals surface area contributed by atoms with Gasteiger partial charge in [0.15, 0.2) is 0 Å². The third-order valence-corrected chi connectivity index (χ3v) is 7.56. The predicted molar refractivity (Wildman–Crippen MR) is 140 cm³/mol. The van der Waals surface area contributed by atoms with Crippen LogP contribution in [0.5, 0.6) is 0 Å². The van der Waals surface area contributed by atoms with Gasteiger partial charge in [0.2, 0.25) is 0 Å². The van der Waals surface area contributed by atoms with Crippen LogP contribution in [0.4, 0.5) is 5.82 Å². The van der Waals surface area contributed by atoms with E-state index >= 15 is 0 Å². The minimum Gasteiger partial charge on any atom is -0.491 e. The van der Waals surface area contributed by atoms with Crippen LogP contribution < -0.4 is 21.2 Å². The van der Waals surface area contributed by atoms with Gasteiger partial charge in [-0.25, -0.2) is 15.0 Å². The molecule has 9 heteroatoms. The molecule has 1 aliphatic heterocycles. The first kappa shape index (κ1) is 24.1. The van der Waals surface area contributed by atoms with Crippen LogP contribution in [-0.2, 0) is 11.3 Å². The van der Waals surface area contributed by atoms with Crippen molar-refractivity contribution in [2.45, 2.75) is 52.7 Å². The van der Waals surface area contributed by atoms with Crippen molar-refractivity contribution in [3.63, 3.8) is 0 Å². The van der Waals surface area contributed by atoms with E-state index < -0.39 is 0 Å². The number of pyridine rings is 2. The van der Waals surface area contributed by atoms with Gasteiger partial charge >= 0.3 is 0 Å². The SMILES string of the molecule is Cc1cc(-n2ccnc2C)c2c(n1)=C(OCc1c(Cl)cnc(N3CCC[C@H]3CN)c1Cl)CC(C)C=2. The molecular formula is C26H30Cl2N6O. The third kappa shape index (κ3) is 4.53. The minimum absolute atomic E-state index is 0.239. The summed E-state index contributed by atoms with van der Waals surface area (Å²) < 4.78 is 8.52. The smallest absolute Gasteiger partial charge is 0.148 e. The van der Waals surface area contributed by atoms with E-state index in [1.807, 2.05) is 26.2 Å². The van der Waals surface area contributed by atoms with Gasteiger partial charge in [-0.3, -0.25) is 0 Å². The first-order chi connectivity index (χ1) is 16.9. The Morgan fingerprint density at radius 2 is 2.06 bits per heavy atom. The largest absolute Gasteiger partial charge is 0.491 e. The maximum absolute atomic E-state index is 6.85. The molecule has 4 heterocycles. The van der Waals surface area contributed by atoms with Crippen molar-refractivity contribution >= 4 is 40.9 Å². The van der Waals surface area contributed by atoms with E-state index in [9.17, 15) is 0 Å². The molecule has 0 amide bonds. The van der Waals surface area contributed by atoms with Gasteiger partial charge in [-0.1, -0.05) is 36.2 Å². The number of aryl methyl sites for hydroxylation is 2. The molecule has 1 aliphatic carbocycles. The lowest BCUT2D eigenvalue weighted by Crippen LogP contribution is -2.39. The van der Waals surface area contributed by atoms with Gasteiger partial charge in [0.25, 0.3) is 0 Å². The molecule has 1 fully saturated rings. The number of ether oxygens (including phenoxy) is 1. The zero-order valence-corrected chi connectivity index (χ0v) is 21.8. The van der Waals surface area contributed by atoms with E-state index in [-0.39, 0.29) is 12.6 Å². The summed E-state index contributed by atoms with van der Waals surface area (Å²) in [5.74, 6) is 2.78. The van der Waals surface area contributed by atoms with Crippen molar-refractivity contribution in [1.29, 1.82) is 0 Å². The number of nitrogens with zero attached hydrogens (tertiary/aromatic N) is 5. The number of hydrogen-bond acceptors (Lipinski definition) is 6. The van der Waals surface area contributed by atoms with Crippen molar-refractivity contribution < 1.29 is 4.74 Å². The fourth-order valence-electron chi connectivity index (χ4n) is 5.08. The van der Waals surface area contributed by atoms with Gasteiger partial charge in [0.1, 0.15) is 29.4 Å². The number of aromatic nitrogens is 4. The standard InChI is InChI=1S/C26H30Cl2N6O/c1-15-9-19-22(33-8-6-30-17(33)3)11-16(2)32-25(19)23(10-15)35-14-20-21(27)13-31-26(24(20)28)34-7-4-5-18(34)12-29/h6,8-9,11,13,15,18H,4-5,7,10,12,14,29H2,1-3H3/t15?,18-/m0/s1. The molecule has 2 atom stereocenters. The van der Waals surface area contributed by atoms with Crippen molar-refractivity contribution in [1.82, 2.24) is 19.5 Å². The number of halogens is 2. The molecule has 0 saturated carbocycles. The molecule has 7 nitrogen and oxygen atoms in total. The van der Waals surface area contributed by atoms with Crippen LogP contribution >= 0.6 is 23.2 Å². The van der Waals surface area contributed by atoms with Gasteiger partial charge in [0, 0.05) is 60.6 Å². The summed E-state index contributed by atoms with van der Waals surface area (Å²) in [6, 6.07) is 2.33. The number of nitrogens with two attached hydrogens (primary N) is 1. The van der Waals surface area contributed by atoms with Crippen molar-refractivity contribution in [2.75, 3.05) is 18.0 Å². The normalized spacial score (nSPS) is 19.6. The third-order valence-electron chi connectivity index (χ3n) is 6.83. The van der Waals surface area contributed by atoms with Crippen molar-refractivity contribution in [2.24, 2.45) is 11.7 Å². The second-order valence-corrected chi connectivity index (χ2v) is 10.2. The Hall–Kier alpha value is -2.61. The van der Waals surface area contributed by atoms with Gasteiger partial charge in [-0.15, -0.1) is 0 Å². The summed E-state index contributed by atoms with van der Waals surface area (Å²) in [4.78, 5) is 16.0. The second-order valence-electron chi connectivity index (χ2n) is 9.40. The molecule has 35 heavy (non-hydrogen) atoms. The molecule has 2 aliphatic rings. The summed E-state index contributed by atoms with van der Waals surface area (Å²) in [5, 5.41) is 2.93. The fraction of sp³-hybridized carbons (Fsp3) is 0.423. The van der Waals surface area contributed by atoms with Crippen molar-refractivity contribution in [3.8, 4) is 5.69 Å². The second kappa shape index (κ2) is 9.80. The molecule has 184 valence electrons. The Labute approximate surface area is 215 Å². The zero-order chi connectivity index (χ0) is 24.7. The van der Waals surface area contributed by atoms with Gasteiger partial charge in [-0.2, -0.15) is 0 Å². The van der Waals surface area contributed by atoms with Crippen LogP contribution in [0.2, 0.25) is 10.0 Å². The highest BCUT2D eigenvalue weighted by molar-refractivity contribution is 6.37. The zero-order valence-electron chi connectivity index (χ0n) is 20.3. The average Bonchev–Trinajstić information content (AvgIpc) is 3.47. The first-order valence-corrected chi connectivity index (χ1v) is 12.8. The Bertz CT molecular complexity index is 1390. The molecular weight excluding hydrogens is 483 g/mol. The summed E-state index contributed by atoms with van der Waals surface area (Å²) in [7, 11) is 0. The Kier molecular flexibility index (Phi) is 6.75. The van der Waals surface area contributed by atoms with Gasteiger partial charge in [-0.05, 0) is 38.7 Å². The van der Waals surface area contributed by atoms with Crippen LogP contribution in [0.3, 0.4) is 0 Å². The molecule has 5 rings (SSSR count). The van der Waals surface area contributed by atoms with Crippen LogP contribution in [0.1, 0.15) is 43.3 Å². The topological polar surface area (TPSA) is 82.1 Å². The molecule has 2 N–H and O–H groups in total. The highest BCUT2D eigenvalue weighted by Gasteiger charge is 2.28. The van der Waals surface area contributed by atoms with E-state index in [0.29, 0.717) is 22.5 Å². The maximum Gasteiger partial charge on any atom is 0.148 e. The monoisotopic (exact) mass is 512 g/mol. The lowest BCUT2D eigenvalue weighted by Gasteiger charge is -2.26. The van der Waals surface area contributed by atoms with Gasteiger partial charge in [0.05, 0.1) is 15.7 Å². The average molecular weight is 513 g/mol. The lowest BCUT2D eigenvalue weighted by atomic mass is 9.98. The first-order valence-electron chi connectivity index (χ1n) is 12.0. The Morgan fingerprint density at radius 3 is 2.80 bits per heavy atom. The van der Waals surface area contributed by atoms with E-state index in [0.717, 1.165) is 70.7 Å². The van der Waals surface area contributed by atoms with E-state index in [1.54, 1.807) is 6.20 Å². The van der Waals surface area contributed by atoms with E-state index in [1.165, 1.54) is 0 Å². The number of rotatable bonds is 6. The van der Waals surface area contributed by atoms with Gasteiger partial charge < -0.3 is 19.9 Å². The van der Waals surface area contributed by atoms with Crippen molar-refractivity contribution in [3.05, 3.63) is 62.4 Å². The summed E-state index contributed by atoms with van der Waals surface area (Å²) in [5.41, 5.74) is 8.68. The predicted octanol–water partition coefficient (Wildman–Crippen LogP) is 3.66. The number of imidazole rings is 1. The Morgan fingerprint density at radius 1 is 1.23 bits per heavy atom. The molecule has 3 aromatic rings. The van der Waals surface area contributed by atoms with Crippen LogP contribution in [-0.4, -0.2) is 38.7 Å². The van der Waals surface area contributed by atoms with Crippen LogP contribution in [0.15, 0.2) is 24.7 Å². The molecule has 0 aromatic carbocycles. The summed E-state index contributed by atoms with van der Waals surface area (Å²) in [6.07, 6.45) is 10.6.